The van der Waals surface area contributed by atoms with Gasteiger partial charge in [-0.2, -0.15) is 0 Å². The van der Waals surface area contributed by atoms with Crippen LogP contribution in [-0.2, 0) is 4.79 Å². The highest BCUT2D eigenvalue weighted by atomic mass is 16.5. The number of hydrogen-bond donors (Lipinski definition) is 1. The molecule has 0 bridgehead atoms. The van der Waals surface area contributed by atoms with Crippen LogP contribution in [0.3, 0.4) is 0 Å². The molecule has 0 aliphatic rings. The van der Waals surface area contributed by atoms with Gasteiger partial charge in [0.05, 0.1) is 12.3 Å². The van der Waals surface area contributed by atoms with E-state index in [4.69, 9.17) is 4.74 Å². The van der Waals surface area contributed by atoms with Crippen molar-refractivity contribution in [2.45, 2.75) is 26.7 Å². The lowest BCUT2D eigenvalue weighted by atomic mass is 10.2. The molecular formula is C12H17NO2. The third-order valence-corrected chi connectivity index (χ3v) is 1.94. The van der Waals surface area contributed by atoms with Crippen molar-refractivity contribution < 1.29 is 9.53 Å². The van der Waals surface area contributed by atoms with Crippen LogP contribution in [0.1, 0.15) is 26.7 Å². The number of hydrogen-bond acceptors (Lipinski definition) is 2. The van der Waals surface area contributed by atoms with Crippen LogP contribution in [0.5, 0.6) is 5.75 Å². The van der Waals surface area contributed by atoms with Crippen molar-refractivity contribution in [3.8, 4) is 5.75 Å². The zero-order chi connectivity index (χ0) is 11.1. The van der Waals surface area contributed by atoms with Gasteiger partial charge in [-0.15, -0.1) is 0 Å². The molecule has 1 amide bonds. The molecule has 0 unspecified atom stereocenters. The average Bonchev–Trinajstić information content (AvgIpc) is 2.21. The van der Waals surface area contributed by atoms with Gasteiger partial charge in [-0.3, -0.25) is 4.79 Å². The van der Waals surface area contributed by atoms with Gasteiger partial charge in [-0.05, 0) is 25.5 Å². The second-order valence-electron chi connectivity index (χ2n) is 3.23. The molecule has 0 heterocycles. The Morgan fingerprint density at radius 1 is 1.33 bits per heavy atom. The highest BCUT2D eigenvalue weighted by Gasteiger charge is 2.05. The van der Waals surface area contributed by atoms with Crippen molar-refractivity contribution in [2.75, 3.05) is 11.9 Å². The molecular weight excluding hydrogens is 190 g/mol. The Labute approximate surface area is 90.4 Å². The molecule has 1 aromatic rings. The molecule has 15 heavy (non-hydrogen) atoms. The summed E-state index contributed by atoms with van der Waals surface area (Å²) in [6.45, 7) is 4.50. The van der Waals surface area contributed by atoms with Crippen molar-refractivity contribution in [2.24, 2.45) is 0 Å². The van der Waals surface area contributed by atoms with E-state index >= 15 is 0 Å². The van der Waals surface area contributed by atoms with Crippen molar-refractivity contribution in [1.29, 1.82) is 0 Å². The third-order valence-electron chi connectivity index (χ3n) is 1.94. The lowest BCUT2D eigenvalue weighted by Gasteiger charge is -2.10. The van der Waals surface area contributed by atoms with Crippen LogP contribution in [0.25, 0.3) is 0 Å². The van der Waals surface area contributed by atoms with Crippen LogP contribution < -0.4 is 10.1 Å². The molecule has 1 aromatic carbocycles. The van der Waals surface area contributed by atoms with E-state index in [-0.39, 0.29) is 5.91 Å². The zero-order valence-corrected chi connectivity index (χ0v) is 9.25. The molecule has 1 N–H and O–H groups in total. The normalized spacial score (nSPS) is 9.73. The maximum atomic E-state index is 11.4. The van der Waals surface area contributed by atoms with Gasteiger partial charge in [-0.25, -0.2) is 0 Å². The van der Waals surface area contributed by atoms with E-state index in [1.54, 1.807) is 0 Å². The minimum Gasteiger partial charge on any atom is -0.492 e. The molecule has 0 saturated carbocycles. The lowest BCUT2D eigenvalue weighted by molar-refractivity contribution is -0.116. The fraction of sp³-hybridized carbons (Fsp3) is 0.417. The highest BCUT2D eigenvalue weighted by molar-refractivity contribution is 5.92. The van der Waals surface area contributed by atoms with Crippen LogP contribution in [0.2, 0.25) is 0 Å². The molecule has 0 aliphatic carbocycles. The number of carbonyl (C=O) groups excluding carboxylic acids is 1. The second kappa shape index (κ2) is 6.06. The van der Waals surface area contributed by atoms with Gasteiger partial charge in [-0.1, -0.05) is 19.1 Å². The smallest absolute Gasteiger partial charge is 0.224 e. The molecule has 0 spiro atoms. The second-order valence-corrected chi connectivity index (χ2v) is 3.23. The van der Waals surface area contributed by atoms with E-state index in [2.05, 4.69) is 5.32 Å². The molecule has 0 atom stereocenters. The van der Waals surface area contributed by atoms with Crippen molar-refractivity contribution >= 4 is 11.6 Å². The van der Waals surface area contributed by atoms with E-state index in [0.717, 1.165) is 17.9 Å². The van der Waals surface area contributed by atoms with Crippen LogP contribution in [0.4, 0.5) is 5.69 Å². The number of benzene rings is 1. The fourth-order valence-corrected chi connectivity index (χ4v) is 1.29. The summed E-state index contributed by atoms with van der Waals surface area (Å²) in [6.07, 6.45) is 1.39. The summed E-state index contributed by atoms with van der Waals surface area (Å²) in [5.74, 6) is 0.758. The Morgan fingerprint density at radius 2 is 2.07 bits per heavy atom. The molecule has 3 heteroatoms. The summed E-state index contributed by atoms with van der Waals surface area (Å²) in [5, 5.41) is 2.83. The highest BCUT2D eigenvalue weighted by Crippen LogP contribution is 2.23. The predicted octanol–water partition coefficient (Wildman–Crippen LogP) is 2.82. The molecule has 0 aliphatic heterocycles. The van der Waals surface area contributed by atoms with Crippen LogP contribution >= 0.6 is 0 Å². The summed E-state index contributed by atoms with van der Waals surface area (Å²) in [6, 6.07) is 7.47. The molecule has 1 rings (SSSR count). The Kier molecular flexibility index (Phi) is 4.68. The summed E-state index contributed by atoms with van der Waals surface area (Å²) in [7, 11) is 0. The Morgan fingerprint density at radius 3 is 2.73 bits per heavy atom. The fourth-order valence-electron chi connectivity index (χ4n) is 1.29. The summed E-state index contributed by atoms with van der Waals surface area (Å²) >= 11 is 0. The van der Waals surface area contributed by atoms with Gasteiger partial charge in [0.15, 0.2) is 0 Å². The number of carbonyl (C=O) groups is 1. The first-order valence-electron chi connectivity index (χ1n) is 5.29. The number of anilines is 1. The van der Waals surface area contributed by atoms with Crippen molar-refractivity contribution in [3.63, 3.8) is 0 Å². The first kappa shape index (κ1) is 11.6. The maximum absolute atomic E-state index is 11.4. The lowest BCUT2D eigenvalue weighted by Crippen LogP contribution is -2.11. The van der Waals surface area contributed by atoms with E-state index < -0.39 is 0 Å². The monoisotopic (exact) mass is 207 g/mol. The van der Waals surface area contributed by atoms with Gasteiger partial charge in [0, 0.05) is 6.42 Å². The van der Waals surface area contributed by atoms with Crippen LogP contribution in [0, 0.1) is 0 Å². The molecule has 0 fully saturated rings. The number of rotatable bonds is 5. The average molecular weight is 207 g/mol. The van der Waals surface area contributed by atoms with E-state index in [9.17, 15) is 4.79 Å². The predicted molar refractivity (Wildman–Crippen MR) is 61.1 cm³/mol. The minimum atomic E-state index is 0.0321. The Hall–Kier alpha value is -1.51. The van der Waals surface area contributed by atoms with Crippen molar-refractivity contribution in [3.05, 3.63) is 24.3 Å². The minimum absolute atomic E-state index is 0.0321. The van der Waals surface area contributed by atoms with E-state index in [1.165, 1.54) is 0 Å². The van der Waals surface area contributed by atoms with Gasteiger partial charge < -0.3 is 10.1 Å². The number of amides is 1. The SMILES string of the molecule is CCCC(=O)Nc1ccccc1OCC. The molecule has 3 nitrogen and oxygen atoms in total. The van der Waals surface area contributed by atoms with Gasteiger partial charge in [0.1, 0.15) is 5.75 Å². The first-order valence-corrected chi connectivity index (χ1v) is 5.29. The molecule has 82 valence electrons. The number of para-hydroxylation sites is 2. The Balaban J connectivity index is 2.70. The molecule has 0 radical (unpaired) electrons. The van der Waals surface area contributed by atoms with E-state index in [1.807, 2.05) is 38.1 Å². The third kappa shape index (κ3) is 3.62. The molecule has 0 aromatic heterocycles. The van der Waals surface area contributed by atoms with E-state index in [0.29, 0.717) is 13.0 Å². The topological polar surface area (TPSA) is 38.3 Å². The number of nitrogens with one attached hydrogen (secondary N) is 1. The van der Waals surface area contributed by atoms with Crippen LogP contribution in [0.15, 0.2) is 24.3 Å². The standard InChI is InChI=1S/C12H17NO2/c1-3-7-12(14)13-10-8-5-6-9-11(10)15-4-2/h5-6,8-9H,3-4,7H2,1-2H3,(H,13,14). The molecule has 0 saturated heterocycles. The van der Waals surface area contributed by atoms with Gasteiger partial charge >= 0.3 is 0 Å². The summed E-state index contributed by atoms with van der Waals surface area (Å²) in [4.78, 5) is 11.4. The van der Waals surface area contributed by atoms with Crippen molar-refractivity contribution in [1.82, 2.24) is 0 Å². The zero-order valence-electron chi connectivity index (χ0n) is 9.25. The maximum Gasteiger partial charge on any atom is 0.224 e. The van der Waals surface area contributed by atoms with Crippen LogP contribution in [-0.4, -0.2) is 12.5 Å². The summed E-state index contributed by atoms with van der Waals surface area (Å²) in [5.41, 5.74) is 0.748. The number of ether oxygens (including phenoxy) is 1. The summed E-state index contributed by atoms with van der Waals surface area (Å²) < 4.78 is 5.40. The quantitative estimate of drug-likeness (QED) is 0.806. The first-order chi connectivity index (χ1) is 7.27. The largest absolute Gasteiger partial charge is 0.492 e. The Bertz CT molecular complexity index is 323. The van der Waals surface area contributed by atoms with Gasteiger partial charge in [0.25, 0.3) is 0 Å². The van der Waals surface area contributed by atoms with Gasteiger partial charge in [0.2, 0.25) is 5.91 Å².